The molecule has 0 amide bonds. The molecule has 0 radical (unpaired) electrons. The molecule has 1 spiro atoms. The fourth-order valence-electron chi connectivity index (χ4n) is 10.7. The summed E-state index contributed by atoms with van der Waals surface area (Å²) in [5, 5.41) is 24.4. The molecule has 12 atom stereocenters. The molecule has 2 N–H and O–H groups in total. The Kier molecular flexibility index (Phi) is 4.70. The van der Waals surface area contributed by atoms with Crippen molar-refractivity contribution in [1.29, 1.82) is 0 Å². The zero-order valence-corrected chi connectivity index (χ0v) is 19.8. The fraction of sp³-hybridized carbons (Fsp3) is 0.960. The average molecular weight is 450 g/mol. The molecule has 0 aromatic rings. The molecule has 7 bridgehead atoms. The van der Waals surface area contributed by atoms with E-state index in [0.29, 0.717) is 18.9 Å². The van der Waals surface area contributed by atoms with Gasteiger partial charge in [0.2, 0.25) is 0 Å². The highest BCUT2D eigenvalue weighted by molar-refractivity contribution is 5.66. The third-order valence-electron chi connectivity index (χ3n) is 11.2. The Morgan fingerprint density at radius 1 is 1.22 bits per heavy atom. The number of hydrogen-bond donors (Lipinski definition) is 2. The molecule has 5 aliphatic carbocycles. The van der Waals surface area contributed by atoms with Crippen LogP contribution in [0.5, 0.6) is 0 Å². The molecule has 32 heavy (non-hydrogen) atoms. The molecule has 6 fully saturated rings. The molecule has 6 aliphatic rings. The lowest BCUT2D eigenvalue weighted by molar-refractivity contribution is -0.274. The van der Waals surface area contributed by atoms with Crippen LogP contribution in [0.25, 0.3) is 0 Å². The lowest BCUT2D eigenvalue weighted by Crippen LogP contribution is -2.76. The monoisotopic (exact) mass is 449 g/mol. The predicted octanol–water partition coefficient (Wildman–Crippen LogP) is 1.45. The number of rotatable bonds is 5. The molecule has 7 heteroatoms. The predicted molar refractivity (Wildman–Crippen MR) is 116 cm³/mol. The van der Waals surface area contributed by atoms with Crippen LogP contribution in [0.2, 0.25) is 0 Å². The van der Waals surface area contributed by atoms with Crippen molar-refractivity contribution in [2.75, 3.05) is 33.9 Å². The van der Waals surface area contributed by atoms with Crippen molar-refractivity contribution in [2.45, 2.75) is 75.9 Å². The van der Waals surface area contributed by atoms with Gasteiger partial charge in [-0.1, -0.05) is 6.92 Å². The van der Waals surface area contributed by atoms with Crippen LogP contribution in [0.15, 0.2) is 0 Å². The molecule has 180 valence electrons. The largest absolute Gasteiger partial charge is 0.462 e. The fourth-order valence-corrected chi connectivity index (χ4v) is 10.7. The van der Waals surface area contributed by atoms with Crippen LogP contribution >= 0.6 is 0 Å². The van der Waals surface area contributed by atoms with Gasteiger partial charge in [0.15, 0.2) is 0 Å². The van der Waals surface area contributed by atoms with Gasteiger partial charge < -0.3 is 24.4 Å². The van der Waals surface area contributed by atoms with Crippen LogP contribution in [0.1, 0.15) is 46.0 Å². The van der Waals surface area contributed by atoms with Crippen LogP contribution in [0.3, 0.4) is 0 Å². The number of ether oxygens (including phenoxy) is 3. The number of fused-ring (bicyclic) bond motifs is 2. The summed E-state index contributed by atoms with van der Waals surface area (Å²) in [6, 6.07) is 0.163. The van der Waals surface area contributed by atoms with E-state index in [2.05, 4.69) is 11.8 Å². The first-order valence-corrected chi connectivity index (χ1v) is 12.6. The van der Waals surface area contributed by atoms with Crippen molar-refractivity contribution in [3.63, 3.8) is 0 Å². The smallest absolute Gasteiger partial charge is 0.302 e. The third kappa shape index (κ3) is 2.28. The first-order valence-electron chi connectivity index (χ1n) is 12.6. The van der Waals surface area contributed by atoms with E-state index in [4.69, 9.17) is 14.2 Å². The van der Waals surface area contributed by atoms with Crippen LogP contribution in [-0.4, -0.2) is 85.0 Å². The van der Waals surface area contributed by atoms with Crippen LogP contribution in [0, 0.1) is 40.4 Å². The Balaban J connectivity index is 1.56. The molecular weight excluding hydrogens is 410 g/mol. The van der Waals surface area contributed by atoms with Gasteiger partial charge in [-0.25, -0.2) is 0 Å². The van der Waals surface area contributed by atoms with Crippen molar-refractivity contribution in [3.8, 4) is 0 Å². The summed E-state index contributed by atoms with van der Waals surface area (Å²) in [6.45, 7) is 6.27. The van der Waals surface area contributed by atoms with Gasteiger partial charge in [-0.2, -0.15) is 0 Å². The zero-order valence-electron chi connectivity index (χ0n) is 19.8. The van der Waals surface area contributed by atoms with Crippen molar-refractivity contribution in [3.05, 3.63) is 0 Å². The van der Waals surface area contributed by atoms with E-state index < -0.39 is 11.7 Å². The molecule has 6 rings (SSSR count). The number of carbonyl (C=O) groups excluding carboxylic acids is 1. The maximum atomic E-state index is 12.5. The van der Waals surface area contributed by atoms with E-state index in [0.717, 1.165) is 38.8 Å². The Morgan fingerprint density at radius 2 is 2.00 bits per heavy atom. The third-order valence-corrected chi connectivity index (χ3v) is 11.2. The second-order valence-electron chi connectivity index (χ2n) is 11.8. The number of aliphatic hydroxyl groups excluding tert-OH is 1. The first-order chi connectivity index (χ1) is 15.3. The lowest BCUT2D eigenvalue weighted by Gasteiger charge is -2.69. The van der Waals surface area contributed by atoms with E-state index in [9.17, 15) is 15.0 Å². The molecule has 5 saturated carbocycles. The second-order valence-corrected chi connectivity index (χ2v) is 11.8. The highest BCUT2D eigenvalue weighted by atomic mass is 16.5. The van der Waals surface area contributed by atoms with Gasteiger partial charge in [0.25, 0.3) is 0 Å². The van der Waals surface area contributed by atoms with Gasteiger partial charge in [-0.3, -0.25) is 9.69 Å². The van der Waals surface area contributed by atoms with Gasteiger partial charge >= 0.3 is 5.97 Å². The van der Waals surface area contributed by atoms with E-state index in [1.54, 1.807) is 14.2 Å². The molecule has 1 heterocycles. The van der Waals surface area contributed by atoms with Crippen LogP contribution < -0.4 is 0 Å². The van der Waals surface area contributed by atoms with Crippen molar-refractivity contribution in [1.82, 2.24) is 4.90 Å². The van der Waals surface area contributed by atoms with Gasteiger partial charge in [0.05, 0.1) is 24.4 Å². The quantitative estimate of drug-likeness (QED) is 0.614. The normalized spacial score (nSPS) is 57.5. The van der Waals surface area contributed by atoms with E-state index >= 15 is 0 Å². The highest BCUT2D eigenvalue weighted by Gasteiger charge is 2.83. The van der Waals surface area contributed by atoms with Gasteiger partial charge in [-0.05, 0) is 44.1 Å². The Morgan fingerprint density at radius 3 is 2.66 bits per heavy atom. The number of aliphatic hydroxyl groups is 2. The molecule has 1 aliphatic heterocycles. The summed E-state index contributed by atoms with van der Waals surface area (Å²) in [5.74, 6) is 0.164. The minimum absolute atomic E-state index is 0.0138. The number of piperidine rings is 1. The minimum atomic E-state index is -0.942. The van der Waals surface area contributed by atoms with E-state index in [1.807, 2.05) is 0 Å². The summed E-state index contributed by atoms with van der Waals surface area (Å²) in [4.78, 5) is 14.7. The molecule has 0 aromatic carbocycles. The SMILES string of the molecule is CCN1C[C@]2(COC)CC[C@H](O)[C@@]34[C@@H]5C[C@H]6[C@H](OC(C)=O)[C@@H]5[C@](O)(C[C@@H]6OC)[C@@H](C[C@@H]23)[C@@H]14. The summed E-state index contributed by atoms with van der Waals surface area (Å²) in [6.07, 6.45) is 3.27. The number of carbonyl (C=O) groups is 1. The van der Waals surface area contributed by atoms with Crippen molar-refractivity contribution >= 4 is 5.97 Å². The van der Waals surface area contributed by atoms with Crippen LogP contribution in [0.4, 0.5) is 0 Å². The summed E-state index contributed by atoms with van der Waals surface area (Å²) in [7, 11) is 3.51. The van der Waals surface area contributed by atoms with Crippen molar-refractivity contribution < 1.29 is 29.2 Å². The average Bonchev–Trinajstić information content (AvgIpc) is 3.20. The van der Waals surface area contributed by atoms with Crippen molar-refractivity contribution in [2.24, 2.45) is 40.4 Å². The summed E-state index contributed by atoms with van der Waals surface area (Å²) >= 11 is 0. The van der Waals surface area contributed by atoms with E-state index in [-0.39, 0.29) is 58.7 Å². The standard InChI is InChI=1S/C25H39NO6/c1-5-26-11-23(12-30-3)7-6-19(28)25-15-8-14-17(31-4)10-24(29,16(22(25)26)9-18(23)25)20(15)21(14)32-13(2)27/h14-22,28-29H,5-12H2,1-4H3/t14-,15-,16+,17+,18+,19+,20-,21+,22-,23+,24+,25-/m1/s1. The Bertz CT molecular complexity index is 807. The van der Waals surface area contributed by atoms with Gasteiger partial charge in [-0.15, -0.1) is 0 Å². The van der Waals surface area contributed by atoms with E-state index in [1.165, 1.54) is 6.92 Å². The molecule has 0 unspecified atom stereocenters. The number of likely N-dealkylation sites (tertiary alicyclic amines) is 1. The van der Waals surface area contributed by atoms with Gasteiger partial charge in [0.1, 0.15) is 6.10 Å². The van der Waals surface area contributed by atoms with Gasteiger partial charge in [0, 0.05) is 68.7 Å². The summed E-state index contributed by atoms with van der Waals surface area (Å²) < 4.78 is 17.7. The maximum Gasteiger partial charge on any atom is 0.302 e. The highest BCUT2D eigenvalue weighted by Crippen LogP contribution is 2.79. The lowest BCUT2D eigenvalue weighted by atomic mass is 9.43. The summed E-state index contributed by atoms with van der Waals surface area (Å²) in [5.41, 5.74) is -1.20. The number of esters is 1. The zero-order chi connectivity index (χ0) is 22.6. The Labute approximate surface area is 190 Å². The number of methoxy groups -OCH3 is 2. The molecule has 7 nitrogen and oxygen atoms in total. The second kappa shape index (κ2) is 6.91. The minimum Gasteiger partial charge on any atom is -0.462 e. The molecule has 1 saturated heterocycles. The Hall–Kier alpha value is -0.730. The first kappa shape index (κ1) is 21.8. The molecule has 0 aromatic heterocycles. The topological polar surface area (TPSA) is 88.5 Å². The number of hydrogen-bond acceptors (Lipinski definition) is 7. The van der Waals surface area contributed by atoms with Crippen LogP contribution in [-0.2, 0) is 19.0 Å². The molecular formula is C25H39NO6. The number of nitrogens with zero attached hydrogens (tertiary/aromatic N) is 1. The maximum absolute atomic E-state index is 12.5.